The summed E-state index contributed by atoms with van der Waals surface area (Å²) in [5, 5.41) is 10.3. The van der Waals surface area contributed by atoms with Crippen molar-refractivity contribution in [2.75, 3.05) is 26.7 Å². The van der Waals surface area contributed by atoms with E-state index in [0.717, 1.165) is 37.4 Å². The molecule has 1 aromatic carbocycles. The molecule has 1 aliphatic heterocycles. The predicted molar refractivity (Wildman–Crippen MR) is 92.0 cm³/mol. The van der Waals surface area contributed by atoms with Crippen molar-refractivity contribution < 1.29 is 9.53 Å². The molecule has 0 spiro atoms. The van der Waals surface area contributed by atoms with Crippen LogP contribution in [-0.4, -0.2) is 47.7 Å². The molecule has 3 rings (SSSR count). The minimum Gasteiger partial charge on any atom is -0.496 e. The summed E-state index contributed by atoms with van der Waals surface area (Å²) in [7, 11) is 1.58. The van der Waals surface area contributed by atoms with E-state index in [2.05, 4.69) is 26.5 Å². The van der Waals surface area contributed by atoms with E-state index in [1.54, 1.807) is 19.2 Å². The monoisotopic (exact) mass is 328 g/mol. The molecule has 6 heteroatoms. The number of rotatable bonds is 6. The van der Waals surface area contributed by atoms with Gasteiger partial charge < -0.3 is 10.1 Å². The first-order valence-corrected chi connectivity index (χ1v) is 8.30. The lowest BCUT2D eigenvalue weighted by atomic mass is 10.1. The Hall–Kier alpha value is -2.34. The lowest BCUT2D eigenvalue weighted by molar-refractivity contribution is 0.0944. The van der Waals surface area contributed by atoms with Gasteiger partial charge in [-0.3, -0.25) is 14.8 Å². The van der Waals surface area contributed by atoms with E-state index < -0.39 is 0 Å². The Morgan fingerprint density at radius 1 is 1.46 bits per heavy atom. The van der Waals surface area contributed by atoms with Crippen molar-refractivity contribution in [3.05, 3.63) is 47.3 Å². The fourth-order valence-corrected chi connectivity index (χ4v) is 3.17. The zero-order chi connectivity index (χ0) is 16.9. The number of nitrogens with zero attached hydrogens (tertiary/aromatic N) is 2. The fraction of sp³-hybridized carbons (Fsp3) is 0.444. The van der Waals surface area contributed by atoms with Crippen molar-refractivity contribution in [1.82, 2.24) is 20.4 Å². The number of methoxy groups -OCH3 is 1. The van der Waals surface area contributed by atoms with Crippen molar-refractivity contribution in [3.8, 4) is 5.75 Å². The summed E-state index contributed by atoms with van der Waals surface area (Å²) in [6.45, 7) is 5.59. The first-order valence-electron chi connectivity index (χ1n) is 8.30. The number of carbonyl (C=O) groups is 1. The van der Waals surface area contributed by atoms with E-state index in [1.165, 1.54) is 0 Å². The quantitative estimate of drug-likeness (QED) is 0.851. The summed E-state index contributed by atoms with van der Waals surface area (Å²) in [5.74, 6) is 1.01. The molecule has 2 heterocycles. The zero-order valence-electron chi connectivity index (χ0n) is 14.2. The molecular formula is C18H24N4O2. The van der Waals surface area contributed by atoms with Gasteiger partial charge in [0.15, 0.2) is 0 Å². The Labute approximate surface area is 142 Å². The first kappa shape index (κ1) is 16.5. The Balaban J connectivity index is 1.48. The maximum atomic E-state index is 12.3. The largest absolute Gasteiger partial charge is 0.496 e. The van der Waals surface area contributed by atoms with Gasteiger partial charge in [-0.2, -0.15) is 5.10 Å². The molecule has 0 saturated carbocycles. The highest BCUT2D eigenvalue weighted by Gasteiger charge is 2.24. The molecule has 0 aliphatic carbocycles. The van der Waals surface area contributed by atoms with Crippen LogP contribution in [0.15, 0.2) is 30.3 Å². The van der Waals surface area contributed by atoms with Crippen LogP contribution in [0.25, 0.3) is 0 Å². The molecule has 1 aliphatic rings. The minimum absolute atomic E-state index is 0.0752. The van der Waals surface area contributed by atoms with Crippen LogP contribution in [0.4, 0.5) is 0 Å². The van der Waals surface area contributed by atoms with Gasteiger partial charge in [-0.15, -0.1) is 0 Å². The number of H-pyrrole nitrogens is 1. The molecule has 2 aromatic rings. The SMILES string of the molecule is COc1ccccc1C(=O)NC[C@@H]1CCN(Cc2cc(C)[nH]n2)C1. The van der Waals surface area contributed by atoms with Crippen molar-refractivity contribution >= 4 is 5.91 Å². The molecular weight excluding hydrogens is 304 g/mol. The second kappa shape index (κ2) is 7.49. The molecule has 1 fully saturated rings. The molecule has 1 saturated heterocycles. The van der Waals surface area contributed by atoms with Crippen molar-refractivity contribution in [2.45, 2.75) is 19.9 Å². The molecule has 24 heavy (non-hydrogen) atoms. The van der Waals surface area contributed by atoms with Crippen LogP contribution in [0.1, 0.15) is 28.2 Å². The van der Waals surface area contributed by atoms with Crippen LogP contribution in [0.2, 0.25) is 0 Å². The number of para-hydroxylation sites is 1. The number of amides is 1. The average Bonchev–Trinajstić information content (AvgIpc) is 3.21. The van der Waals surface area contributed by atoms with Gasteiger partial charge in [-0.1, -0.05) is 12.1 Å². The van der Waals surface area contributed by atoms with Crippen LogP contribution in [0.3, 0.4) is 0 Å². The maximum absolute atomic E-state index is 12.3. The third kappa shape index (κ3) is 3.94. The third-order valence-corrected chi connectivity index (χ3v) is 4.42. The highest BCUT2D eigenvalue weighted by Crippen LogP contribution is 2.19. The maximum Gasteiger partial charge on any atom is 0.255 e. The minimum atomic E-state index is -0.0752. The van der Waals surface area contributed by atoms with Crippen LogP contribution in [-0.2, 0) is 6.54 Å². The molecule has 2 N–H and O–H groups in total. The number of carbonyl (C=O) groups excluding carboxylic acids is 1. The molecule has 1 atom stereocenters. The van der Waals surface area contributed by atoms with E-state index >= 15 is 0 Å². The summed E-state index contributed by atoms with van der Waals surface area (Å²) in [6.07, 6.45) is 1.09. The fourth-order valence-electron chi connectivity index (χ4n) is 3.17. The predicted octanol–water partition coefficient (Wildman–Crippen LogP) is 1.98. The molecule has 0 bridgehead atoms. The number of nitrogens with one attached hydrogen (secondary N) is 2. The molecule has 128 valence electrons. The van der Waals surface area contributed by atoms with Gasteiger partial charge in [0.05, 0.1) is 18.4 Å². The Bertz CT molecular complexity index is 698. The zero-order valence-corrected chi connectivity index (χ0v) is 14.2. The number of hydrogen-bond donors (Lipinski definition) is 2. The summed E-state index contributed by atoms with van der Waals surface area (Å²) in [5.41, 5.74) is 2.75. The number of aryl methyl sites for hydroxylation is 1. The Morgan fingerprint density at radius 3 is 3.04 bits per heavy atom. The van der Waals surface area contributed by atoms with Crippen molar-refractivity contribution in [2.24, 2.45) is 5.92 Å². The summed E-state index contributed by atoms with van der Waals surface area (Å²) in [6, 6.07) is 9.38. The lowest BCUT2D eigenvalue weighted by Crippen LogP contribution is -2.31. The smallest absolute Gasteiger partial charge is 0.255 e. The molecule has 6 nitrogen and oxygen atoms in total. The van der Waals surface area contributed by atoms with Gasteiger partial charge in [-0.05, 0) is 44.0 Å². The van der Waals surface area contributed by atoms with Gasteiger partial charge in [0.2, 0.25) is 0 Å². The Kier molecular flexibility index (Phi) is 5.15. The topological polar surface area (TPSA) is 70.2 Å². The van der Waals surface area contributed by atoms with E-state index in [0.29, 0.717) is 23.8 Å². The number of likely N-dealkylation sites (tertiary alicyclic amines) is 1. The Morgan fingerprint density at radius 2 is 2.29 bits per heavy atom. The van der Waals surface area contributed by atoms with Gasteiger partial charge in [0, 0.05) is 25.3 Å². The number of aromatic nitrogens is 2. The third-order valence-electron chi connectivity index (χ3n) is 4.42. The molecule has 0 radical (unpaired) electrons. The van der Waals surface area contributed by atoms with E-state index in [1.807, 2.05) is 19.1 Å². The highest BCUT2D eigenvalue weighted by molar-refractivity contribution is 5.96. The average molecular weight is 328 g/mol. The van der Waals surface area contributed by atoms with Crippen molar-refractivity contribution in [3.63, 3.8) is 0 Å². The molecule has 1 amide bonds. The standard InChI is InChI=1S/C18H24N4O2/c1-13-9-15(21-20-13)12-22-8-7-14(11-22)10-19-18(23)16-5-3-4-6-17(16)24-2/h3-6,9,14H,7-8,10-12H2,1-2H3,(H,19,23)(H,20,21)/t14-/m0/s1. The normalized spacial score (nSPS) is 17.8. The number of hydrogen-bond acceptors (Lipinski definition) is 4. The van der Waals surface area contributed by atoms with E-state index in [4.69, 9.17) is 4.74 Å². The van der Waals surface area contributed by atoms with Gasteiger partial charge >= 0.3 is 0 Å². The molecule has 0 unspecified atom stereocenters. The second-order valence-corrected chi connectivity index (χ2v) is 6.34. The summed E-state index contributed by atoms with van der Waals surface area (Å²) < 4.78 is 5.24. The van der Waals surface area contributed by atoms with Crippen LogP contribution in [0, 0.1) is 12.8 Å². The van der Waals surface area contributed by atoms with Crippen LogP contribution >= 0.6 is 0 Å². The molecule has 1 aromatic heterocycles. The number of ether oxygens (including phenoxy) is 1. The van der Waals surface area contributed by atoms with Crippen LogP contribution in [0.5, 0.6) is 5.75 Å². The van der Waals surface area contributed by atoms with E-state index in [9.17, 15) is 4.79 Å². The van der Waals surface area contributed by atoms with Crippen LogP contribution < -0.4 is 10.1 Å². The lowest BCUT2D eigenvalue weighted by Gasteiger charge is -2.15. The summed E-state index contributed by atoms with van der Waals surface area (Å²) >= 11 is 0. The highest BCUT2D eigenvalue weighted by atomic mass is 16.5. The van der Waals surface area contributed by atoms with E-state index in [-0.39, 0.29) is 5.91 Å². The summed E-state index contributed by atoms with van der Waals surface area (Å²) in [4.78, 5) is 14.7. The second-order valence-electron chi connectivity index (χ2n) is 6.34. The van der Waals surface area contributed by atoms with Gasteiger partial charge in [0.25, 0.3) is 5.91 Å². The number of aromatic amines is 1. The van der Waals surface area contributed by atoms with Gasteiger partial charge in [0.1, 0.15) is 5.75 Å². The van der Waals surface area contributed by atoms with Gasteiger partial charge in [-0.25, -0.2) is 0 Å². The van der Waals surface area contributed by atoms with Crippen molar-refractivity contribution in [1.29, 1.82) is 0 Å². The first-order chi connectivity index (χ1) is 11.7. The number of benzene rings is 1.